The molecule has 0 bridgehead atoms. The molecule has 1 heterocycles. The van der Waals surface area contributed by atoms with Crippen LogP contribution in [-0.2, 0) is 0 Å². The number of benzene rings is 1. The first-order valence-electron chi connectivity index (χ1n) is 6.87. The SMILES string of the molecule is CCN1CCC(CNC(=O)c2cc(C)ccc2Br)C1. The zero-order valence-electron chi connectivity index (χ0n) is 11.6. The topological polar surface area (TPSA) is 32.3 Å². The molecule has 1 aliphatic rings. The Morgan fingerprint density at radius 1 is 1.53 bits per heavy atom. The Balaban J connectivity index is 1.89. The smallest absolute Gasteiger partial charge is 0.252 e. The van der Waals surface area contributed by atoms with Gasteiger partial charge in [-0.1, -0.05) is 18.6 Å². The molecule has 1 aromatic rings. The molecule has 1 amide bonds. The van der Waals surface area contributed by atoms with E-state index in [1.165, 1.54) is 6.42 Å². The van der Waals surface area contributed by atoms with Crippen LogP contribution in [0.15, 0.2) is 22.7 Å². The molecular weight excluding hydrogens is 304 g/mol. The van der Waals surface area contributed by atoms with Crippen molar-refractivity contribution in [3.8, 4) is 0 Å². The van der Waals surface area contributed by atoms with E-state index < -0.39 is 0 Å². The van der Waals surface area contributed by atoms with Gasteiger partial charge in [0.25, 0.3) is 5.91 Å². The maximum Gasteiger partial charge on any atom is 0.252 e. The first-order chi connectivity index (χ1) is 9.10. The van der Waals surface area contributed by atoms with Crippen LogP contribution in [0.3, 0.4) is 0 Å². The van der Waals surface area contributed by atoms with E-state index in [0.717, 1.165) is 41.8 Å². The molecule has 0 saturated carbocycles. The number of nitrogens with one attached hydrogen (secondary N) is 1. The van der Waals surface area contributed by atoms with E-state index in [2.05, 4.69) is 33.1 Å². The molecule has 3 nitrogen and oxygen atoms in total. The molecule has 1 aliphatic heterocycles. The van der Waals surface area contributed by atoms with Crippen LogP contribution >= 0.6 is 15.9 Å². The first kappa shape index (κ1) is 14.5. The fourth-order valence-corrected chi connectivity index (χ4v) is 2.94. The third kappa shape index (κ3) is 3.80. The lowest BCUT2D eigenvalue weighted by molar-refractivity contribution is 0.0946. The van der Waals surface area contributed by atoms with Crippen LogP contribution in [0.4, 0.5) is 0 Å². The van der Waals surface area contributed by atoms with E-state index >= 15 is 0 Å². The average molecular weight is 325 g/mol. The Bertz CT molecular complexity index is 461. The second kappa shape index (κ2) is 6.53. The fourth-order valence-electron chi connectivity index (χ4n) is 2.51. The van der Waals surface area contributed by atoms with Crippen LogP contribution in [-0.4, -0.2) is 37.0 Å². The minimum Gasteiger partial charge on any atom is -0.352 e. The molecule has 0 radical (unpaired) electrons. The molecule has 0 spiro atoms. The van der Waals surface area contributed by atoms with E-state index in [4.69, 9.17) is 0 Å². The minimum atomic E-state index is 0.0190. The van der Waals surface area contributed by atoms with Gasteiger partial charge in [0.1, 0.15) is 0 Å². The Hall–Kier alpha value is -0.870. The molecule has 1 unspecified atom stereocenters. The van der Waals surface area contributed by atoms with Crippen molar-refractivity contribution in [2.75, 3.05) is 26.2 Å². The highest BCUT2D eigenvalue weighted by Gasteiger charge is 2.21. The summed E-state index contributed by atoms with van der Waals surface area (Å²) in [6.45, 7) is 8.32. The van der Waals surface area contributed by atoms with E-state index in [-0.39, 0.29) is 5.91 Å². The summed E-state index contributed by atoms with van der Waals surface area (Å²) < 4.78 is 0.859. The zero-order chi connectivity index (χ0) is 13.8. The van der Waals surface area contributed by atoms with Crippen LogP contribution in [0.25, 0.3) is 0 Å². The van der Waals surface area contributed by atoms with Gasteiger partial charge in [-0.15, -0.1) is 0 Å². The number of hydrogen-bond donors (Lipinski definition) is 1. The van der Waals surface area contributed by atoms with Crippen molar-refractivity contribution < 1.29 is 4.79 Å². The van der Waals surface area contributed by atoms with Gasteiger partial charge in [-0.2, -0.15) is 0 Å². The Kier molecular flexibility index (Phi) is 4.99. The van der Waals surface area contributed by atoms with Crippen LogP contribution in [0.5, 0.6) is 0 Å². The lowest BCUT2D eigenvalue weighted by Crippen LogP contribution is -2.31. The average Bonchev–Trinajstić information content (AvgIpc) is 2.87. The monoisotopic (exact) mass is 324 g/mol. The summed E-state index contributed by atoms with van der Waals surface area (Å²) >= 11 is 3.44. The van der Waals surface area contributed by atoms with Gasteiger partial charge in [0, 0.05) is 17.6 Å². The van der Waals surface area contributed by atoms with Crippen molar-refractivity contribution >= 4 is 21.8 Å². The van der Waals surface area contributed by atoms with Gasteiger partial charge >= 0.3 is 0 Å². The number of halogens is 1. The Labute approximate surface area is 123 Å². The maximum atomic E-state index is 12.2. The van der Waals surface area contributed by atoms with Gasteiger partial charge in [0.05, 0.1) is 5.56 Å². The molecule has 1 saturated heterocycles. The van der Waals surface area contributed by atoms with Crippen LogP contribution < -0.4 is 5.32 Å². The fraction of sp³-hybridized carbons (Fsp3) is 0.533. The number of rotatable bonds is 4. The number of aryl methyl sites for hydroxylation is 1. The summed E-state index contributed by atoms with van der Waals surface area (Å²) in [6.07, 6.45) is 1.18. The highest BCUT2D eigenvalue weighted by Crippen LogP contribution is 2.19. The predicted octanol–water partition coefficient (Wildman–Crippen LogP) is 2.83. The Morgan fingerprint density at radius 2 is 2.32 bits per heavy atom. The summed E-state index contributed by atoms with van der Waals surface area (Å²) in [5.74, 6) is 0.609. The Morgan fingerprint density at radius 3 is 3.00 bits per heavy atom. The third-order valence-corrected chi connectivity index (χ3v) is 4.43. The largest absolute Gasteiger partial charge is 0.352 e. The van der Waals surface area contributed by atoms with Crippen molar-refractivity contribution in [3.05, 3.63) is 33.8 Å². The lowest BCUT2D eigenvalue weighted by atomic mass is 10.1. The molecule has 1 atom stereocenters. The van der Waals surface area contributed by atoms with Gasteiger partial charge in [0.2, 0.25) is 0 Å². The second-order valence-corrected chi connectivity index (χ2v) is 6.10. The van der Waals surface area contributed by atoms with Gasteiger partial charge in [-0.3, -0.25) is 4.79 Å². The van der Waals surface area contributed by atoms with Crippen LogP contribution in [0, 0.1) is 12.8 Å². The van der Waals surface area contributed by atoms with Crippen molar-refractivity contribution in [1.29, 1.82) is 0 Å². The van der Waals surface area contributed by atoms with E-state index in [0.29, 0.717) is 5.92 Å². The molecule has 19 heavy (non-hydrogen) atoms. The van der Waals surface area contributed by atoms with Crippen molar-refractivity contribution in [1.82, 2.24) is 10.2 Å². The highest BCUT2D eigenvalue weighted by molar-refractivity contribution is 9.10. The second-order valence-electron chi connectivity index (χ2n) is 5.24. The summed E-state index contributed by atoms with van der Waals surface area (Å²) in [6, 6.07) is 5.85. The maximum absolute atomic E-state index is 12.2. The van der Waals surface area contributed by atoms with Gasteiger partial charge < -0.3 is 10.2 Å². The quantitative estimate of drug-likeness (QED) is 0.923. The van der Waals surface area contributed by atoms with Crippen molar-refractivity contribution in [3.63, 3.8) is 0 Å². The van der Waals surface area contributed by atoms with E-state index in [9.17, 15) is 4.79 Å². The molecule has 1 aromatic carbocycles. The molecular formula is C15H21BrN2O. The summed E-state index contributed by atoms with van der Waals surface area (Å²) in [4.78, 5) is 14.6. The number of carbonyl (C=O) groups is 1. The third-order valence-electron chi connectivity index (χ3n) is 3.73. The van der Waals surface area contributed by atoms with Crippen molar-refractivity contribution in [2.24, 2.45) is 5.92 Å². The summed E-state index contributed by atoms with van der Waals surface area (Å²) in [5, 5.41) is 3.06. The standard InChI is InChI=1S/C15H21BrN2O/c1-3-18-7-6-12(10-18)9-17-15(19)13-8-11(2)4-5-14(13)16/h4-5,8,12H,3,6-7,9-10H2,1-2H3,(H,17,19). The number of hydrogen-bond acceptors (Lipinski definition) is 2. The molecule has 104 valence electrons. The molecule has 1 fully saturated rings. The first-order valence-corrected chi connectivity index (χ1v) is 7.66. The molecule has 1 N–H and O–H groups in total. The normalized spacial score (nSPS) is 19.6. The predicted molar refractivity (Wildman–Crippen MR) is 81.4 cm³/mol. The van der Waals surface area contributed by atoms with Crippen molar-refractivity contribution in [2.45, 2.75) is 20.3 Å². The van der Waals surface area contributed by atoms with Gasteiger partial charge in [-0.25, -0.2) is 0 Å². The summed E-state index contributed by atoms with van der Waals surface area (Å²) in [5.41, 5.74) is 1.83. The summed E-state index contributed by atoms with van der Waals surface area (Å²) in [7, 11) is 0. The number of likely N-dealkylation sites (tertiary alicyclic amines) is 1. The highest BCUT2D eigenvalue weighted by atomic mass is 79.9. The van der Waals surface area contributed by atoms with Gasteiger partial charge in [0.15, 0.2) is 0 Å². The van der Waals surface area contributed by atoms with E-state index in [1.807, 2.05) is 25.1 Å². The number of amides is 1. The molecule has 4 heteroatoms. The van der Waals surface area contributed by atoms with Crippen LogP contribution in [0.1, 0.15) is 29.3 Å². The molecule has 0 aliphatic carbocycles. The molecule has 2 rings (SSSR count). The molecule has 0 aromatic heterocycles. The van der Waals surface area contributed by atoms with E-state index in [1.54, 1.807) is 0 Å². The number of nitrogens with zero attached hydrogens (tertiary/aromatic N) is 1. The van der Waals surface area contributed by atoms with Crippen LogP contribution in [0.2, 0.25) is 0 Å². The lowest BCUT2D eigenvalue weighted by Gasteiger charge is -2.14. The minimum absolute atomic E-state index is 0.0190. The zero-order valence-corrected chi connectivity index (χ0v) is 13.2. The van der Waals surface area contributed by atoms with Gasteiger partial charge in [-0.05, 0) is 60.4 Å². The number of carbonyl (C=O) groups excluding carboxylic acids is 1.